The number of hydrogen-bond donors (Lipinski definition) is 1. The molecule has 1 fully saturated rings. The summed E-state index contributed by atoms with van der Waals surface area (Å²) in [4.78, 5) is 25.1. The summed E-state index contributed by atoms with van der Waals surface area (Å²) >= 11 is 0. The Bertz CT molecular complexity index is 297. The van der Waals surface area contributed by atoms with Gasteiger partial charge in [-0.05, 0) is 20.8 Å². The van der Waals surface area contributed by atoms with Gasteiger partial charge >= 0.3 is 0 Å². The summed E-state index contributed by atoms with van der Waals surface area (Å²) in [6, 6.07) is -0.0375. The minimum Gasteiger partial charge on any atom is -0.342 e. The summed E-state index contributed by atoms with van der Waals surface area (Å²) in [5, 5.41) is 2.71. The van der Waals surface area contributed by atoms with E-state index in [9.17, 15) is 9.59 Å². The molecule has 15 heavy (non-hydrogen) atoms. The van der Waals surface area contributed by atoms with Gasteiger partial charge in [-0.2, -0.15) is 0 Å². The fourth-order valence-electron chi connectivity index (χ4n) is 1.66. The van der Waals surface area contributed by atoms with Crippen molar-refractivity contribution < 1.29 is 9.59 Å². The van der Waals surface area contributed by atoms with Gasteiger partial charge in [0.25, 0.3) is 0 Å². The molecule has 0 aromatic carbocycles. The molecule has 1 atom stereocenters. The third-order valence-electron chi connectivity index (χ3n) is 2.66. The fraction of sp³-hybridized carbons (Fsp3) is 0.636. The number of nitrogens with zero attached hydrogens (tertiary/aromatic N) is 1. The van der Waals surface area contributed by atoms with E-state index in [1.807, 2.05) is 6.92 Å². The van der Waals surface area contributed by atoms with E-state index in [0.717, 1.165) is 0 Å². The van der Waals surface area contributed by atoms with Gasteiger partial charge < -0.3 is 10.2 Å². The van der Waals surface area contributed by atoms with Crippen molar-refractivity contribution in [2.45, 2.75) is 38.8 Å². The molecule has 0 aromatic rings. The summed E-state index contributed by atoms with van der Waals surface area (Å²) in [5.74, 6) is -0.132. The first-order chi connectivity index (χ1) is 6.88. The van der Waals surface area contributed by atoms with Crippen molar-refractivity contribution in [3.63, 3.8) is 0 Å². The second kappa shape index (κ2) is 4.04. The number of nitrogens with one attached hydrogen (secondary N) is 1. The van der Waals surface area contributed by atoms with Gasteiger partial charge in [-0.1, -0.05) is 6.08 Å². The zero-order valence-corrected chi connectivity index (χ0v) is 9.54. The van der Waals surface area contributed by atoms with Crippen LogP contribution in [0.15, 0.2) is 12.7 Å². The lowest BCUT2D eigenvalue weighted by Gasteiger charge is -2.31. The van der Waals surface area contributed by atoms with Gasteiger partial charge in [0.05, 0.1) is 0 Å². The van der Waals surface area contributed by atoms with Crippen LogP contribution in [-0.2, 0) is 9.59 Å². The molecule has 2 amide bonds. The van der Waals surface area contributed by atoms with E-state index < -0.39 is 5.54 Å². The standard InChI is InChI=1S/C11H18N2O2/c1-5-8(2)13-7-6-9(14)12-11(3,4)10(13)15/h5,8H,1,6-7H2,2-4H3,(H,12,14). The van der Waals surface area contributed by atoms with Crippen LogP contribution in [0, 0.1) is 0 Å². The molecule has 1 heterocycles. The van der Waals surface area contributed by atoms with Gasteiger partial charge in [-0.15, -0.1) is 6.58 Å². The molecular weight excluding hydrogens is 192 g/mol. The maximum Gasteiger partial charge on any atom is 0.248 e. The summed E-state index contributed by atoms with van der Waals surface area (Å²) in [5.41, 5.74) is -0.815. The molecule has 0 bridgehead atoms. The predicted octanol–water partition coefficient (Wildman–Crippen LogP) is 0.688. The van der Waals surface area contributed by atoms with E-state index in [-0.39, 0.29) is 17.9 Å². The Morgan fingerprint density at radius 1 is 1.53 bits per heavy atom. The van der Waals surface area contributed by atoms with Crippen LogP contribution in [0.4, 0.5) is 0 Å². The molecule has 1 saturated heterocycles. The largest absolute Gasteiger partial charge is 0.342 e. The van der Waals surface area contributed by atoms with Crippen molar-refractivity contribution in [2.75, 3.05) is 6.54 Å². The van der Waals surface area contributed by atoms with Crippen LogP contribution in [0.25, 0.3) is 0 Å². The number of rotatable bonds is 2. The van der Waals surface area contributed by atoms with E-state index in [1.165, 1.54) is 0 Å². The van der Waals surface area contributed by atoms with Gasteiger partial charge in [0.2, 0.25) is 11.8 Å². The van der Waals surface area contributed by atoms with Gasteiger partial charge in [0, 0.05) is 19.0 Å². The normalized spacial score (nSPS) is 23.0. The molecule has 0 saturated carbocycles. The van der Waals surface area contributed by atoms with Gasteiger partial charge in [-0.25, -0.2) is 0 Å². The van der Waals surface area contributed by atoms with Crippen molar-refractivity contribution in [1.29, 1.82) is 0 Å². The monoisotopic (exact) mass is 210 g/mol. The average molecular weight is 210 g/mol. The van der Waals surface area contributed by atoms with Gasteiger partial charge in [-0.3, -0.25) is 9.59 Å². The summed E-state index contributed by atoms with van der Waals surface area (Å²) in [6.45, 7) is 9.47. The zero-order chi connectivity index (χ0) is 11.6. The van der Waals surface area contributed by atoms with Crippen molar-refractivity contribution in [1.82, 2.24) is 10.2 Å². The molecule has 0 aliphatic carbocycles. The zero-order valence-electron chi connectivity index (χ0n) is 9.54. The lowest BCUT2D eigenvalue weighted by Crippen LogP contribution is -2.54. The summed E-state index contributed by atoms with van der Waals surface area (Å²) in [6.07, 6.45) is 2.07. The molecule has 0 radical (unpaired) electrons. The van der Waals surface area contributed by atoms with E-state index >= 15 is 0 Å². The van der Waals surface area contributed by atoms with Crippen LogP contribution in [0.5, 0.6) is 0 Å². The van der Waals surface area contributed by atoms with Crippen LogP contribution in [0.1, 0.15) is 27.2 Å². The minimum absolute atomic E-state index is 0.0375. The lowest BCUT2D eigenvalue weighted by atomic mass is 10.0. The first-order valence-electron chi connectivity index (χ1n) is 5.13. The number of carbonyl (C=O) groups excluding carboxylic acids is 2. The maximum atomic E-state index is 12.1. The molecule has 0 spiro atoms. The van der Waals surface area contributed by atoms with E-state index in [4.69, 9.17) is 0 Å². The lowest BCUT2D eigenvalue weighted by molar-refractivity contribution is -0.138. The second-order valence-electron chi connectivity index (χ2n) is 4.40. The van der Waals surface area contributed by atoms with Crippen LogP contribution in [0.2, 0.25) is 0 Å². The average Bonchev–Trinajstić information content (AvgIpc) is 2.24. The van der Waals surface area contributed by atoms with Crippen molar-refractivity contribution in [3.8, 4) is 0 Å². The maximum absolute atomic E-state index is 12.1. The highest BCUT2D eigenvalue weighted by Crippen LogP contribution is 2.15. The fourth-order valence-corrected chi connectivity index (χ4v) is 1.66. The van der Waals surface area contributed by atoms with E-state index in [1.54, 1.807) is 24.8 Å². The molecule has 84 valence electrons. The minimum atomic E-state index is -0.815. The third kappa shape index (κ3) is 2.37. The van der Waals surface area contributed by atoms with Gasteiger partial charge in [0.1, 0.15) is 5.54 Å². The number of amides is 2. The van der Waals surface area contributed by atoms with Crippen molar-refractivity contribution in [3.05, 3.63) is 12.7 Å². The predicted molar refractivity (Wildman–Crippen MR) is 58.2 cm³/mol. The second-order valence-corrected chi connectivity index (χ2v) is 4.40. The first-order valence-corrected chi connectivity index (χ1v) is 5.13. The molecule has 0 aromatic heterocycles. The molecule has 1 N–H and O–H groups in total. The Hall–Kier alpha value is -1.32. The van der Waals surface area contributed by atoms with E-state index in [0.29, 0.717) is 13.0 Å². The van der Waals surface area contributed by atoms with E-state index in [2.05, 4.69) is 11.9 Å². The molecule has 1 aliphatic heterocycles. The summed E-state index contributed by atoms with van der Waals surface area (Å²) in [7, 11) is 0. The highest BCUT2D eigenvalue weighted by Gasteiger charge is 2.37. The number of hydrogen-bond acceptors (Lipinski definition) is 2. The highest BCUT2D eigenvalue weighted by atomic mass is 16.2. The first kappa shape index (κ1) is 11.8. The Labute approximate surface area is 90.3 Å². The Morgan fingerprint density at radius 3 is 2.67 bits per heavy atom. The molecule has 4 nitrogen and oxygen atoms in total. The molecule has 1 rings (SSSR count). The number of carbonyl (C=O) groups is 2. The Morgan fingerprint density at radius 2 is 2.13 bits per heavy atom. The SMILES string of the molecule is C=CC(C)N1CCC(=O)NC(C)(C)C1=O. The van der Waals surface area contributed by atoms with Crippen LogP contribution in [0.3, 0.4) is 0 Å². The van der Waals surface area contributed by atoms with Crippen LogP contribution in [-0.4, -0.2) is 34.8 Å². The Balaban J connectivity index is 2.95. The van der Waals surface area contributed by atoms with Crippen molar-refractivity contribution in [2.24, 2.45) is 0 Å². The molecule has 1 aliphatic rings. The Kier molecular flexibility index (Phi) is 3.17. The topological polar surface area (TPSA) is 49.4 Å². The highest BCUT2D eigenvalue weighted by molar-refractivity contribution is 5.93. The third-order valence-corrected chi connectivity index (χ3v) is 2.66. The molecule has 1 unspecified atom stereocenters. The van der Waals surface area contributed by atoms with Crippen LogP contribution < -0.4 is 5.32 Å². The smallest absolute Gasteiger partial charge is 0.248 e. The molecule has 4 heteroatoms. The van der Waals surface area contributed by atoms with Gasteiger partial charge in [0.15, 0.2) is 0 Å². The molecular formula is C11H18N2O2. The van der Waals surface area contributed by atoms with Crippen LogP contribution >= 0.6 is 0 Å². The van der Waals surface area contributed by atoms with Crippen molar-refractivity contribution >= 4 is 11.8 Å². The quantitative estimate of drug-likeness (QED) is 0.682. The summed E-state index contributed by atoms with van der Waals surface area (Å²) < 4.78 is 0.